The standard InChI is InChI=1S/C11H14OS/c1-4-11(3,12)7-5-10-6-8-13-9(10)2/h6,8,12H,4H2,1-3H3. The largest absolute Gasteiger partial charge is 0.378 e. The molecule has 0 aliphatic rings. The minimum Gasteiger partial charge on any atom is -0.378 e. The fourth-order valence-electron chi connectivity index (χ4n) is 0.805. The van der Waals surface area contributed by atoms with Crippen molar-refractivity contribution in [1.82, 2.24) is 0 Å². The molecule has 0 aliphatic heterocycles. The maximum absolute atomic E-state index is 9.64. The Morgan fingerprint density at radius 2 is 2.31 bits per heavy atom. The summed E-state index contributed by atoms with van der Waals surface area (Å²) < 4.78 is 0. The molecule has 1 aromatic rings. The van der Waals surface area contributed by atoms with Crippen LogP contribution in [-0.4, -0.2) is 10.7 Å². The van der Waals surface area contributed by atoms with E-state index >= 15 is 0 Å². The average Bonchev–Trinajstić information content (AvgIpc) is 2.48. The van der Waals surface area contributed by atoms with Gasteiger partial charge >= 0.3 is 0 Å². The van der Waals surface area contributed by atoms with Gasteiger partial charge in [0.1, 0.15) is 5.60 Å². The highest BCUT2D eigenvalue weighted by molar-refractivity contribution is 7.10. The summed E-state index contributed by atoms with van der Waals surface area (Å²) in [6.45, 7) is 5.70. The van der Waals surface area contributed by atoms with Crippen LogP contribution in [0.25, 0.3) is 0 Å². The Labute approximate surface area is 83.4 Å². The van der Waals surface area contributed by atoms with E-state index in [1.807, 2.05) is 25.3 Å². The molecule has 0 bridgehead atoms. The van der Waals surface area contributed by atoms with Crippen LogP contribution >= 0.6 is 11.3 Å². The molecule has 1 heterocycles. The van der Waals surface area contributed by atoms with E-state index < -0.39 is 5.60 Å². The molecule has 1 N–H and O–H groups in total. The maximum atomic E-state index is 9.64. The number of aryl methyl sites for hydroxylation is 1. The van der Waals surface area contributed by atoms with Crippen molar-refractivity contribution in [3.05, 3.63) is 21.9 Å². The van der Waals surface area contributed by atoms with Gasteiger partial charge in [-0.2, -0.15) is 0 Å². The quantitative estimate of drug-likeness (QED) is 0.681. The van der Waals surface area contributed by atoms with E-state index in [0.29, 0.717) is 6.42 Å². The molecule has 0 saturated carbocycles. The molecule has 0 aromatic carbocycles. The zero-order chi connectivity index (χ0) is 9.90. The summed E-state index contributed by atoms with van der Waals surface area (Å²) in [6.07, 6.45) is 0.656. The third-order valence-electron chi connectivity index (χ3n) is 2.01. The Morgan fingerprint density at radius 1 is 1.62 bits per heavy atom. The molecule has 0 aliphatic carbocycles. The predicted octanol–water partition coefficient (Wildman–Crippen LogP) is 2.57. The lowest BCUT2D eigenvalue weighted by Crippen LogP contribution is -2.19. The zero-order valence-electron chi connectivity index (χ0n) is 8.22. The van der Waals surface area contributed by atoms with Crippen molar-refractivity contribution in [2.24, 2.45) is 0 Å². The molecular weight excluding hydrogens is 180 g/mol. The fourth-order valence-corrected chi connectivity index (χ4v) is 1.46. The van der Waals surface area contributed by atoms with E-state index in [0.717, 1.165) is 5.56 Å². The van der Waals surface area contributed by atoms with Gasteiger partial charge in [0.25, 0.3) is 0 Å². The minimum atomic E-state index is -0.853. The maximum Gasteiger partial charge on any atom is 0.122 e. The van der Waals surface area contributed by atoms with Crippen molar-refractivity contribution >= 4 is 11.3 Å². The smallest absolute Gasteiger partial charge is 0.122 e. The Balaban J connectivity index is 2.84. The van der Waals surface area contributed by atoms with Crippen molar-refractivity contribution < 1.29 is 5.11 Å². The first-order valence-electron chi connectivity index (χ1n) is 4.35. The van der Waals surface area contributed by atoms with Crippen molar-refractivity contribution in [3.8, 4) is 11.8 Å². The van der Waals surface area contributed by atoms with Gasteiger partial charge < -0.3 is 5.11 Å². The summed E-state index contributed by atoms with van der Waals surface area (Å²) >= 11 is 1.68. The summed E-state index contributed by atoms with van der Waals surface area (Å²) in [5.74, 6) is 5.86. The predicted molar refractivity (Wildman–Crippen MR) is 56.8 cm³/mol. The topological polar surface area (TPSA) is 20.2 Å². The summed E-state index contributed by atoms with van der Waals surface area (Å²) in [5.41, 5.74) is 0.174. The monoisotopic (exact) mass is 194 g/mol. The summed E-state index contributed by atoms with van der Waals surface area (Å²) in [6, 6.07) is 1.98. The van der Waals surface area contributed by atoms with Gasteiger partial charge in [0.2, 0.25) is 0 Å². The summed E-state index contributed by atoms with van der Waals surface area (Å²) in [7, 11) is 0. The van der Waals surface area contributed by atoms with Crippen LogP contribution in [0.1, 0.15) is 30.7 Å². The lowest BCUT2D eigenvalue weighted by molar-refractivity contribution is 0.118. The van der Waals surface area contributed by atoms with E-state index in [-0.39, 0.29) is 0 Å². The van der Waals surface area contributed by atoms with Gasteiger partial charge in [-0.1, -0.05) is 18.8 Å². The molecule has 1 atom stereocenters. The molecule has 0 radical (unpaired) electrons. The molecular formula is C11H14OS. The Bertz CT molecular complexity index is 338. The Hall–Kier alpha value is -0.780. The van der Waals surface area contributed by atoms with Crippen LogP contribution in [0.4, 0.5) is 0 Å². The van der Waals surface area contributed by atoms with Crippen LogP contribution in [-0.2, 0) is 0 Å². The number of aliphatic hydroxyl groups is 1. The van der Waals surface area contributed by atoms with Crippen LogP contribution < -0.4 is 0 Å². The average molecular weight is 194 g/mol. The summed E-state index contributed by atoms with van der Waals surface area (Å²) in [4.78, 5) is 1.21. The van der Waals surface area contributed by atoms with Gasteiger partial charge in [0, 0.05) is 10.4 Å². The van der Waals surface area contributed by atoms with Crippen LogP contribution in [0.2, 0.25) is 0 Å². The molecule has 1 unspecified atom stereocenters. The van der Waals surface area contributed by atoms with Gasteiger partial charge in [-0.3, -0.25) is 0 Å². The molecule has 0 spiro atoms. The minimum absolute atomic E-state index is 0.656. The molecule has 1 rings (SSSR count). The molecule has 13 heavy (non-hydrogen) atoms. The number of hydrogen-bond donors (Lipinski definition) is 1. The van der Waals surface area contributed by atoms with Crippen LogP contribution in [0, 0.1) is 18.8 Å². The van der Waals surface area contributed by atoms with Gasteiger partial charge in [-0.05, 0) is 31.7 Å². The SMILES string of the molecule is CCC(C)(O)C#Cc1ccsc1C. The lowest BCUT2D eigenvalue weighted by atomic mass is 10.0. The Kier molecular flexibility index (Phi) is 3.13. The van der Waals surface area contributed by atoms with Crippen molar-refractivity contribution in [2.45, 2.75) is 32.8 Å². The molecule has 1 nitrogen and oxygen atoms in total. The Morgan fingerprint density at radius 3 is 2.77 bits per heavy atom. The highest BCUT2D eigenvalue weighted by atomic mass is 32.1. The lowest BCUT2D eigenvalue weighted by Gasteiger charge is -2.11. The normalized spacial score (nSPS) is 14.5. The van der Waals surface area contributed by atoms with Gasteiger partial charge in [-0.15, -0.1) is 11.3 Å². The van der Waals surface area contributed by atoms with Crippen molar-refractivity contribution in [2.75, 3.05) is 0 Å². The van der Waals surface area contributed by atoms with Gasteiger partial charge in [-0.25, -0.2) is 0 Å². The first kappa shape index (κ1) is 10.3. The van der Waals surface area contributed by atoms with E-state index in [2.05, 4.69) is 11.8 Å². The second kappa shape index (κ2) is 3.95. The fraction of sp³-hybridized carbons (Fsp3) is 0.455. The zero-order valence-corrected chi connectivity index (χ0v) is 9.03. The van der Waals surface area contributed by atoms with Gasteiger partial charge in [0.05, 0.1) is 0 Å². The van der Waals surface area contributed by atoms with Crippen molar-refractivity contribution in [3.63, 3.8) is 0 Å². The highest BCUT2D eigenvalue weighted by Gasteiger charge is 2.12. The molecule has 1 aromatic heterocycles. The molecule has 0 saturated heterocycles. The molecule has 70 valence electrons. The molecule has 0 amide bonds. The second-order valence-corrected chi connectivity index (χ2v) is 4.39. The van der Waals surface area contributed by atoms with Crippen LogP contribution in [0.5, 0.6) is 0 Å². The number of rotatable bonds is 1. The molecule has 0 fully saturated rings. The number of thiophene rings is 1. The van der Waals surface area contributed by atoms with Crippen LogP contribution in [0.15, 0.2) is 11.4 Å². The van der Waals surface area contributed by atoms with E-state index in [1.165, 1.54) is 4.88 Å². The summed E-state index contributed by atoms with van der Waals surface area (Å²) in [5, 5.41) is 11.7. The number of hydrogen-bond acceptors (Lipinski definition) is 2. The van der Waals surface area contributed by atoms with Gasteiger partial charge in [0.15, 0.2) is 0 Å². The molecule has 2 heteroatoms. The van der Waals surface area contributed by atoms with Crippen molar-refractivity contribution in [1.29, 1.82) is 0 Å². The highest BCUT2D eigenvalue weighted by Crippen LogP contribution is 2.14. The second-order valence-electron chi connectivity index (χ2n) is 3.27. The third kappa shape index (κ3) is 2.87. The van der Waals surface area contributed by atoms with Crippen LogP contribution in [0.3, 0.4) is 0 Å². The van der Waals surface area contributed by atoms with E-state index in [1.54, 1.807) is 18.3 Å². The van der Waals surface area contributed by atoms with E-state index in [4.69, 9.17) is 0 Å². The van der Waals surface area contributed by atoms with E-state index in [9.17, 15) is 5.11 Å². The first-order chi connectivity index (χ1) is 6.05. The third-order valence-corrected chi connectivity index (χ3v) is 2.86. The first-order valence-corrected chi connectivity index (χ1v) is 5.23.